The molecule has 2 aliphatic heterocycles. The number of piperazine rings is 1. The highest BCUT2D eigenvalue weighted by Crippen LogP contribution is 2.44. The number of carbonyl (C=O) groups excluding carboxylic acids is 1. The number of benzene rings is 2. The lowest BCUT2D eigenvalue weighted by Crippen LogP contribution is -2.55. The monoisotopic (exact) mass is 957 g/mol. The number of carbonyl (C=O) groups is 1. The van der Waals surface area contributed by atoms with Gasteiger partial charge in [-0.1, -0.05) is 150 Å². The van der Waals surface area contributed by atoms with Crippen molar-refractivity contribution in [2.45, 2.75) is 173 Å². The Balaban J connectivity index is 0.000000835. The van der Waals surface area contributed by atoms with Crippen LogP contribution in [0.25, 0.3) is 11.6 Å². The van der Waals surface area contributed by atoms with E-state index in [-0.39, 0.29) is 29.8 Å². The molecule has 68 heavy (non-hydrogen) atoms. The zero-order valence-electron chi connectivity index (χ0n) is 45.0. The maximum absolute atomic E-state index is 13.2. The normalized spacial score (nSPS) is 18.4. The molecule has 2 aromatic carbocycles. The molecule has 0 amide bonds. The number of nitrogens with zero attached hydrogens (tertiary/aromatic N) is 4. The first kappa shape index (κ1) is 58.6. The van der Waals surface area contributed by atoms with E-state index >= 15 is 0 Å². The van der Waals surface area contributed by atoms with Gasteiger partial charge in [0.25, 0.3) is 0 Å². The number of allylic oxidation sites excluding steroid dienone is 2. The summed E-state index contributed by atoms with van der Waals surface area (Å²) in [5.74, 6) is 2.07. The van der Waals surface area contributed by atoms with Crippen molar-refractivity contribution in [3.63, 3.8) is 0 Å². The van der Waals surface area contributed by atoms with Crippen molar-refractivity contribution in [1.82, 2.24) is 9.88 Å². The lowest BCUT2D eigenvalue weighted by Gasteiger charge is -2.44. The molecular weight excluding hydrogens is 864 g/mol. The van der Waals surface area contributed by atoms with Gasteiger partial charge >= 0.3 is 0 Å². The van der Waals surface area contributed by atoms with Crippen LogP contribution >= 0.6 is 11.6 Å². The van der Waals surface area contributed by atoms with Gasteiger partial charge in [0.2, 0.25) is 5.88 Å². The van der Waals surface area contributed by atoms with Crippen molar-refractivity contribution >= 4 is 46.1 Å². The smallest absolute Gasteiger partial charge is 0.238 e. The number of halogens is 1. The molecule has 0 radical (unpaired) electrons. The third kappa shape index (κ3) is 17.0. The predicted molar refractivity (Wildman–Crippen MR) is 294 cm³/mol. The van der Waals surface area contributed by atoms with Gasteiger partial charge in [0.15, 0.2) is 5.78 Å². The fraction of sp³-hybridized carbons (Fsp3) is 0.627. The second-order valence-electron chi connectivity index (χ2n) is 19.3. The summed E-state index contributed by atoms with van der Waals surface area (Å²) in [5, 5.41) is 10.2. The molecule has 1 saturated carbocycles. The lowest BCUT2D eigenvalue weighted by atomic mass is 9.72. The molecule has 380 valence electrons. The Kier molecular flexibility index (Phi) is 26.6. The van der Waals surface area contributed by atoms with Gasteiger partial charge in [-0.25, -0.2) is 4.98 Å². The van der Waals surface area contributed by atoms with E-state index in [0.29, 0.717) is 44.2 Å². The van der Waals surface area contributed by atoms with E-state index in [9.17, 15) is 9.90 Å². The molecule has 8 nitrogen and oxygen atoms in total. The van der Waals surface area contributed by atoms with E-state index in [1.165, 1.54) is 48.8 Å². The summed E-state index contributed by atoms with van der Waals surface area (Å²) in [7, 11) is 0. The van der Waals surface area contributed by atoms with Crippen LogP contribution in [0.5, 0.6) is 5.88 Å². The van der Waals surface area contributed by atoms with Gasteiger partial charge < -0.3 is 24.4 Å². The van der Waals surface area contributed by atoms with Crippen LogP contribution in [0, 0.1) is 11.3 Å². The standard InChI is InChI=1S/C46H61ClN4O4.C6H12.C3H8.2C2H6/c1-7-11-35-26-43-45(48-44(35)32(3)8-2)55-25-9-20-51(43)42-27-38(16-17-40(42)33(4)53)50-22-21-49(39(30-50)31-54-24-10-23-52)29-36-18-19-46(5,6)28-41(36)34-12-14-37(47)15-13-34;1-2-6-4-3-5-6;1-3-2;2*1-2/h7,11-17,26-27,32,39,52H,8-10,18-25,28-31H2,1-6H3;6H,2-5H2,1H3;3H2,1-2H3;2*1-2H3/b11-7-;;;;. The minimum Gasteiger partial charge on any atom is -0.476 e. The number of rotatable bonds is 15. The van der Waals surface area contributed by atoms with Crippen molar-refractivity contribution in [3.05, 3.63) is 87.6 Å². The average molecular weight is 958 g/mol. The van der Waals surface area contributed by atoms with Crippen molar-refractivity contribution in [3.8, 4) is 5.88 Å². The van der Waals surface area contributed by atoms with E-state index in [0.717, 1.165) is 97.5 Å². The molecule has 1 N–H and O–H groups in total. The summed E-state index contributed by atoms with van der Waals surface area (Å²) >= 11 is 6.31. The van der Waals surface area contributed by atoms with Gasteiger partial charge in [0, 0.05) is 62.2 Å². The Morgan fingerprint density at radius 2 is 1.69 bits per heavy atom. The Morgan fingerprint density at radius 3 is 2.28 bits per heavy atom. The van der Waals surface area contributed by atoms with Gasteiger partial charge in [-0.15, -0.1) is 0 Å². The van der Waals surface area contributed by atoms with Crippen LogP contribution in [-0.4, -0.2) is 86.0 Å². The van der Waals surface area contributed by atoms with Crippen LogP contribution in [0.3, 0.4) is 0 Å². The zero-order chi connectivity index (χ0) is 50.2. The number of ether oxygens (including phenoxy) is 2. The van der Waals surface area contributed by atoms with E-state index in [4.69, 9.17) is 26.1 Å². The average Bonchev–Trinajstić information content (AvgIpc) is 3.54. The molecule has 2 atom stereocenters. The lowest BCUT2D eigenvalue weighted by molar-refractivity contribution is 0.0502. The van der Waals surface area contributed by atoms with Crippen LogP contribution in [0.2, 0.25) is 5.02 Å². The van der Waals surface area contributed by atoms with Gasteiger partial charge in [-0.3, -0.25) is 9.69 Å². The molecule has 1 aromatic heterocycles. The predicted octanol–water partition coefficient (Wildman–Crippen LogP) is 15.6. The van der Waals surface area contributed by atoms with Gasteiger partial charge in [-0.05, 0) is 123 Å². The Labute approximate surface area is 419 Å². The first-order valence-electron chi connectivity index (χ1n) is 26.7. The molecule has 7 rings (SSSR count). The summed E-state index contributed by atoms with van der Waals surface area (Å²) in [5.41, 5.74) is 10.2. The number of hydrogen-bond donors (Lipinski definition) is 1. The van der Waals surface area contributed by atoms with Crippen molar-refractivity contribution in [2.24, 2.45) is 11.3 Å². The van der Waals surface area contributed by atoms with Crippen LogP contribution in [0.1, 0.15) is 194 Å². The fourth-order valence-electron chi connectivity index (χ4n) is 9.20. The largest absolute Gasteiger partial charge is 0.476 e. The number of aliphatic hydroxyl groups excluding tert-OH is 1. The van der Waals surface area contributed by atoms with E-state index < -0.39 is 0 Å². The minimum atomic E-state index is 0.0338. The molecule has 2 aliphatic carbocycles. The van der Waals surface area contributed by atoms with Crippen molar-refractivity contribution in [2.75, 3.05) is 69.0 Å². The number of pyridine rings is 1. The third-order valence-corrected chi connectivity index (χ3v) is 13.7. The van der Waals surface area contributed by atoms with E-state index in [2.05, 4.69) is 106 Å². The summed E-state index contributed by atoms with van der Waals surface area (Å²) < 4.78 is 12.5. The summed E-state index contributed by atoms with van der Waals surface area (Å²) in [6.45, 7) is 33.3. The van der Waals surface area contributed by atoms with Gasteiger partial charge in [-0.2, -0.15) is 0 Å². The zero-order valence-corrected chi connectivity index (χ0v) is 45.7. The fourth-order valence-corrected chi connectivity index (χ4v) is 9.33. The molecule has 3 heterocycles. The Bertz CT molecular complexity index is 1990. The van der Waals surface area contributed by atoms with E-state index in [1.807, 2.05) is 52.8 Å². The molecule has 2 unspecified atom stereocenters. The van der Waals surface area contributed by atoms with Crippen LogP contribution in [-0.2, 0) is 4.74 Å². The highest BCUT2D eigenvalue weighted by atomic mass is 35.5. The second kappa shape index (κ2) is 30.8. The topological polar surface area (TPSA) is 78.4 Å². The number of aliphatic hydroxyl groups is 1. The Morgan fingerprint density at radius 1 is 0.985 bits per heavy atom. The second-order valence-corrected chi connectivity index (χ2v) is 19.7. The maximum atomic E-state index is 13.2. The van der Waals surface area contributed by atoms with Crippen LogP contribution in [0.4, 0.5) is 17.1 Å². The number of aromatic nitrogens is 1. The summed E-state index contributed by atoms with van der Waals surface area (Å²) in [4.78, 5) is 25.7. The van der Waals surface area contributed by atoms with Gasteiger partial charge in [0.05, 0.1) is 30.6 Å². The summed E-state index contributed by atoms with van der Waals surface area (Å²) in [6.07, 6.45) is 17.1. The highest BCUT2D eigenvalue weighted by molar-refractivity contribution is 6.30. The first-order chi connectivity index (χ1) is 32.9. The van der Waals surface area contributed by atoms with Crippen molar-refractivity contribution in [1.29, 1.82) is 0 Å². The molecule has 3 aromatic rings. The van der Waals surface area contributed by atoms with Gasteiger partial charge in [0.1, 0.15) is 5.69 Å². The van der Waals surface area contributed by atoms with Crippen LogP contribution in [0.15, 0.2) is 60.2 Å². The Hall–Kier alpha value is -3.69. The number of hydrogen-bond acceptors (Lipinski definition) is 8. The molecular formula is C59H93ClN4O4. The third-order valence-electron chi connectivity index (χ3n) is 13.5. The molecule has 9 heteroatoms. The summed E-state index contributed by atoms with van der Waals surface area (Å²) in [6, 6.07) is 17.0. The number of ketones is 1. The number of anilines is 3. The van der Waals surface area contributed by atoms with Crippen LogP contribution < -0.4 is 14.5 Å². The number of Topliss-reactive ketones (excluding diaryl/α,β-unsaturated/α-hetero) is 1. The highest BCUT2D eigenvalue weighted by Gasteiger charge is 2.33. The molecule has 4 aliphatic rings. The molecule has 1 saturated heterocycles. The molecule has 2 fully saturated rings. The number of fused-ring (bicyclic) bond motifs is 1. The SMILES string of the molecule is C/C=C\c1cc2c(nc1C(C)CC)OCCCN2c1cc(N2CCN(CC3=C(c4ccc(Cl)cc4)CC(C)(C)CC3)C(COCCCO)C2)ccc1C(C)=O.CC.CC.CCC.CCC1CCC1. The van der Waals surface area contributed by atoms with E-state index in [1.54, 1.807) is 6.92 Å². The minimum absolute atomic E-state index is 0.0338. The first-order valence-corrected chi connectivity index (χ1v) is 27.1. The quantitative estimate of drug-likeness (QED) is 0.119. The van der Waals surface area contributed by atoms with Crippen molar-refractivity contribution < 1.29 is 19.4 Å². The maximum Gasteiger partial charge on any atom is 0.238 e. The molecule has 0 bridgehead atoms. The molecule has 0 spiro atoms.